The first kappa shape index (κ1) is 10.5. The summed E-state index contributed by atoms with van der Waals surface area (Å²) >= 11 is 0. The molecule has 4 heteroatoms. The van der Waals surface area contributed by atoms with Gasteiger partial charge in [-0.3, -0.25) is 9.59 Å². The molecule has 4 nitrogen and oxygen atoms in total. The van der Waals surface area contributed by atoms with Gasteiger partial charge in [0.05, 0.1) is 5.69 Å². The van der Waals surface area contributed by atoms with Crippen molar-refractivity contribution in [2.75, 3.05) is 4.90 Å². The van der Waals surface area contributed by atoms with Crippen LogP contribution in [-0.4, -0.2) is 16.9 Å². The average Bonchev–Trinajstić information content (AvgIpc) is 2.68. The highest BCUT2D eigenvalue weighted by molar-refractivity contribution is 6.30. The molecule has 0 saturated carbocycles. The maximum Gasteiger partial charge on any atom is 0.258 e. The number of rotatable bonds is 1. The molecule has 1 aliphatic heterocycles. The lowest BCUT2D eigenvalue weighted by Crippen LogP contribution is -2.29. The van der Waals surface area contributed by atoms with E-state index in [0.717, 1.165) is 15.7 Å². The summed E-state index contributed by atoms with van der Waals surface area (Å²) in [5.74, 6) is -0.544. The van der Waals surface area contributed by atoms with Gasteiger partial charge in [0.15, 0.2) is 0 Å². The molecule has 2 amide bonds. The molecule has 0 radical (unpaired) electrons. The van der Waals surface area contributed by atoms with E-state index in [1.165, 1.54) is 18.2 Å². The summed E-state index contributed by atoms with van der Waals surface area (Å²) in [5, 5.41) is 11.0. The van der Waals surface area contributed by atoms with Crippen molar-refractivity contribution in [2.24, 2.45) is 0 Å². The number of fused-ring (bicyclic) bond motifs is 1. The molecule has 0 aromatic heterocycles. The minimum Gasteiger partial charge on any atom is -0.508 e. The van der Waals surface area contributed by atoms with Crippen molar-refractivity contribution in [1.82, 2.24) is 0 Å². The molecule has 2 aromatic carbocycles. The van der Waals surface area contributed by atoms with Gasteiger partial charge in [-0.25, -0.2) is 4.90 Å². The Balaban J connectivity index is 2.24. The van der Waals surface area contributed by atoms with Crippen molar-refractivity contribution in [3.05, 3.63) is 48.6 Å². The van der Waals surface area contributed by atoms with Crippen LogP contribution in [0.1, 0.15) is 0 Å². The zero-order chi connectivity index (χ0) is 12.7. The van der Waals surface area contributed by atoms with E-state index >= 15 is 0 Å². The maximum atomic E-state index is 11.7. The molecule has 3 rings (SSSR count). The van der Waals surface area contributed by atoms with Gasteiger partial charge in [-0.05, 0) is 29.7 Å². The second-order valence-electron chi connectivity index (χ2n) is 4.03. The van der Waals surface area contributed by atoms with E-state index in [9.17, 15) is 14.7 Å². The van der Waals surface area contributed by atoms with Crippen LogP contribution in [0.3, 0.4) is 0 Å². The molecule has 0 saturated heterocycles. The first-order valence-electron chi connectivity index (χ1n) is 5.45. The summed E-state index contributed by atoms with van der Waals surface area (Å²) in [7, 11) is 0. The lowest BCUT2D eigenvalue weighted by atomic mass is 10.1. The van der Waals surface area contributed by atoms with Crippen LogP contribution in [0, 0.1) is 0 Å². The van der Waals surface area contributed by atoms with E-state index < -0.39 is 0 Å². The fourth-order valence-corrected chi connectivity index (χ4v) is 2.09. The lowest BCUT2D eigenvalue weighted by molar-refractivity contribution is -0.119. The Labute approximate surface area is 103 Å². The lowest BCUT2D eigenvalue weighted by Gasteiger charge is -2.16. The second-order valence-corrected chi connectivity index (χ2v) is 4.03. The fourth-order valence-electron chi connectivity index (χ4n) is 2.09. The predicted molar refractivity (Wildman–Crippen MR) is 67.2 cm³/mol. The van der Waals surface area contributed by atoms with Crippen LogP contribution in [0.25, 0.3) is 10.8 Å². The Hall–Kier alpha value is -2.62. The van der Waals surface area contributed by atoms with Crippen LogP contribution < -0.4 is 4.90 Å². The van der Waals surface area contributed by atoms with Gasteiger partial charge in [0.1, 0.15) is 5.75 Å². The van der Waals surface area contributed by atoms with E-state index in [1.54, 1.807) is 24.3 Å². The average molecular weight is 239 g/mol. The first-order chi connectivity index (χ1) is 8.66. The molecule has 1 aliphatic rings. The monoisotopic (exact) mass is 239 g/mol. The molecule has 18 heavy (non-hydrogen) atoms. The highest BCUT2D eigenvalue weighted by Crippen LogP contribution is 2.30. The van der Waals surface area contributed by atoms with Crippen molar-refractivity contribution < 1.29 is 14.7 Å². The number of carbonyl (C=O) groups is 2. The van der Waals surface area contributed by atoms with Crippen LogP contribution in [0.2, 0.25) is 0 Å². The zero-order valence-corrected chi connectivity index (χ0v) is 9.33. The summed E-state index contributed by atoms with van der Waals surface area (Å²) in [6.07, 6.45) is 2.50. The molecular weight excluding hydrogens is 230 g/mol. The maximum absolute atomic E-state index is 11.7. The zero-order valence-electron chi connectivity index (χ0n) is 9.33. The van der Waals surface area contributed by atoms with Crippen LogP contribution in [0.15, 0.2) is 48.6 Å². The predicted octanol–water partition coefficient (Wildman–Crippen LogP) is 1.97. The smallest absolute Gasteiger partial charge is 0.258 e. The van der Waals surface area contributed by atoms with Crippen LogP contribution >= 0.6 is 0 Å². The third-order valence-corrected chi connectivity index (χ3v) is 2.89. The van der Waals surface area contributed by atoms with Crippen molar-refractivity contribution in [3.8, 4) is 5.75 Å². The third-order valence-electron chi connectivity index (χ3n) is 2.89. The molecule has 0 spiro atoms. The molecular formula is C14H9NO3. The number of hydrogen-bond acceptors (Lipinski definition) is 3. The van der Waals surface area contributed by atoms with Gasteiger partial charge in [0.25, 0.3) is 11.8 Å². The molecule has 1 N–H and O–H groups in total. The van der Waals surface area contributed by atoms with Crippen molar-refractivity contribution in [3.63, 3.8) is 0 Å². The molecule has 0 aliphatic carbocycles. The number of carbonyl (C=O) groups excluding carboxylic acids is 2. The number of hydrogen-bond donors (Lipinski definition) is 1. The van der Waals surface area contributed by atoms with Crippen LogP contribution in [-0.2, 0) is 9.59 Å². The summed E-state index contributed by atoms with van der Waals surface area (Å²) < 4.78 is 0. The van der Waals surface area contributed by atoms with E-state index in [2.05, 4.69) is 0 Å². The molecule has 88 valence electrons. The number of phenolic OH excluding ortho intramolecular Hbond substituents is 1. The van der Waals surface area contributed by atoms with Crippen molar-refractivity contribution in [1.29, 1.82) is 0 Å². The standard InChI is InChI=1S/C14H9NO3/c16-10-4-5-11-9(8-10)2-1-3-12(11)15-13(17)6-7-14(15)18/h1-8,16H. The summed E-state index contributed by atoms with van der Waals surface area (Å²) in [4.78, 5) is 24.5. The molecule has 0 atom stereocenters. The van der Waals surface area contributed by atoms with Gasteiger partial charge in [0, 0.05) is 17.5 Å². The summed E-state index contributed by atoms with van der Waals surface area (Å²) in [6, 6.07) is 10.1. The molecule has 1 heterocycles. The Kier molecular flexibility index (Phi) is 2.16. The minimum absolute atomic E-state index is 0.150. The molecule has 0 fully saturated rings. The topological polar surface area (TPSA) is 57.6 Å². The fraction of sp³-hybridized carbons (Fsp3) is 0. The Morgan fingerprint density at radius 3 is 2.39 bits per heavy atom. The largest absolute Gasteiger partial charge is 0.508 e. The van der Waals surface area contributed by atoms with Gasteiger partial charge >= 0.3 is 0 Å². The number of imide groups is 1. The van der Waals surface area contributed by atoms with Gasteiger partial charge in [-0.2, -0.15) is 0 Å². The Morgan fingerprint density at radius 1 is 0.944 bits per heavy atom. The van der Waals surface area contributed by atoms with Gasteiger partial charge in [-0.15, -0.1) is 0 Å². The van der Waals surface area contributed by atoms with E-state index in [4.69, 9.17) is 0 Å². The number of phenols is 1. The number of amides is 2. The van der Waals surface area contributed by atoms with E-state index in [1.807, 2.05) is 6.07 Å². The Morgan fingerprint density at radius 2 is 1.67 bits per heavy atom. The molecule has 0 unspecified atom stereocenters. The van der Waals surface area contributed by atoms with Crippen LogP contribution in [0.4, 0.5) is 5.69 Å². The number of nitrogens with zero attached hydrogens (tertiary/aromatic N) is 1. The number of anilines is 1. The van der Waals surface area contributed by atoms with Gasteiger partial charge in [0.2, 0.25) is 0 Å². The quantitative estimate of drug-likeness (QED) is 0.774. The van der Waals surface area contributed by atoms with Gasteiger partial charge in [-0.1, -0.05) is 12.1 Å². The van der Waals surface area contributed by atoms with E-state index in [-0.39, 0.29) is 17.6 Å². The van der Waals surface area contributed by atoms with Crippen molar-refractivity contribution in [2.45, 2.75) is 0 Å². The third kappa shape index (κ3) is 1.47. The first-order valence-corrected chi connectivity index (χ1v) is 5.45. The normalized spacial score (nSPS) is 14.8. The minimum atomic E-state index is -0.347. The number of benzene rings is 2. The van der Waals surface area contributed by atoms with Crippen LogP contribution in [0.5, 0.6) is 5.75 Å². The number of aromatic hydroxyl groups is 1. The second kappa shape index (κ2) is 3.70. The van der Waals surface area contributed by atoms with Gasteiger partial charge < -0.3 is 5.11 Å². The summed E-state index contributed by atoms with van der Waals surface area (Å²) in [5.41, 5.74) is 0.535. The van der Waals surface area contributed by atoms with Crippen molar-refractivity contribution >= 4 is 28.3 Å². The SMILES string of the molecule is O=C1C=CC(=O)N1c1cccc2cc(O)ccc12. The van der Waals surface area contributed by atoms with E-state index in [0.29, 0.717) is 5.69 Å². The molecule has 2 aromatic rings. The highest BCUT2D eigenvalue weighted by Gasteiger charge is 2.26. The highest BCUT2D eigenvalue weighted by atomic mass is 16.3. The summed E-state index contributed by atoms with van der Waals surface area (Å²) in [6.45, 7) is 0. The molecule has 0 bridgehead atoms. The Bertz CT molecular complexity index is 685.